The van der Waals surface area contributed by atoms with E-state index in [1.54, 1.807) is 37.4 Å². The summed E-state index contributed by atoms with van der Waals surface area (Å²) in [5, 5.41) is 11.7. The number of carbonyl (C=O) groups is 2. The summed E-state index contributed by atoms with van der Waals surface area (Å²) in [5.74, 6) is -0.541. The number of rotatable bonds is 9. The van der Waals surface area contributed by atoms with Crippen LogP contribution in [0.1, 0.15) is 36.1 Å². The molecule has 0 radical (unpaired) electrons. The zero-order chi connectivity index (χ0) is 26.5. The van der Waals surface area contributed by atoms with E-state index in [2.05, 4.69) is 0 Å². The molecule has 1 aliphatic rings. The average Bonchev–Trinajstić information content (AvgIpc) is 3.17. The molecule has 1 atom stereocenters. The molecule has 0 bridgehead atoms. The van der Waals surface area contributed by atoms with Crippen molar-refractivity contribution < 1.29 is 28.9 Å². The van der Waals surface area contributed by atoms with Crippen LogP contribution in [-0.4, -0.2) is 42.5 Å². The molecule has 1 unspecified atom stereocenters. The van der Waals surface area contributed by atoms with Crippen LogP contribution in [0.2, 0.25) is 5.02 Å². The summed E-state index contributed by atoms with van der Waals surface area (Å²) >= 11 is 6.18. The average molecular weight is 522 g/mol. The summed E-state index contributed by atoms with van der Waals surface area (Å²) in [7, 11) is 2.99. The van der Waals surface area contributed by atoms with E-state index in [1.165, 1.54) is 18.1 Å². The molecule has 1 fully saturated rings. The van der Waals surface area contributed by atoms with Crippen molar-refractivity contribution in [2.75, 3.05) is 20.8 Å². The Morgan fingerprint density at radius 1 is 0.946 bits per heavy atom. The first-order chi connectivity index (χ1) is 17.9. The maximum absolute atomic E-state index is 13.3. The van der Waals surface area contributed by atoms with Gasteiger partial charge in [0.15, 0.2) is 11.5 Å². The number of nitrogens with zero attached hydrogens (tertiary/aromatic N) is 1. The van der Waals surface area contributed by atoms with Crippen LogP contribution in [0.25, 0.3) is 5.76 Å². The van der Waals surface area contributed by atoms with Crippen LogP contribution in [0, 0.1) is 0 Å². The lowest BCUT2D eigenvalue weighted by atomic mass is 9.94. The fourth-order valence-corrected chi connectivity index (χ4v) is 4.59. The van der Waals surface area contributed by atoms with Crippen molar-refractivity contribution in [1.29, 1.82) is 0 Å². The monoisotopic (exact) mass is 521 g/mol. The van der Waals surface area contributed by atoms with Crippen LogP contribution in [0.4, 0.5) is 0 Å². The van der Waals surface area contributed by atoms with Crippen molar-refractivity contribution in [3.05, 3.63) is 94.0 Å². The number of carbonyl (C=O) groups excluding carboxylic acids is 2. The highest BCUT2D eigenvalue weighted by Gasteiger charge is 2.46. The number of aliphatic hydroxyl groups is 1. The van der Waals surface area contributed by atoms with Gasteiger partial charge in [-0.15, -0.1) is 0 Å². The molecule has 3 aromatic rings. The van der Waals surface area contributed by atoms with E-state index in [0.717, 1.165) is 5.56 Å². The normalized spacial score (nSPS) is 16.6. The minimum Gasteiger partial charge on any atom is -0.507 e. The van der Waals surface area contributed by atoms with Gasteiger partial charge in [0.1, 0.15) is 18.1 Å². The largest absolute Gasteiger partial charge is 0.507 e. The Morgan fingerprint density at radius 2 is 1.65 bits per heavy atom. The smallest absolute Gasteiger partial charge is 0.295 e. The third-order valence-electron chi connectivity index (χ3n) is 6.16. The van der Waals surface area contributed by atoms with Crippen LogP contribution >= 0.6 is 11.6 Å². The summed E-state index contributed by atoms with van der Waals surface area (Å²) in [6.45, 7) is 2.54. The minimum atomic E-state index is -0.839. The molecule has 0 aliphatic carbocycles. The maximum atomic E-state index is 13.3. The molecule has 0 spiro atoms. The number of hydrogen-bond acceptors (Lipinski definition) is 6. The highest BCUT2D eigenvalue weighted by atomic mass is 35.5. The predicted molar refractivity (Wildman–Crippen MR) is 141 cm³/mol. The quantitative estimate of drug-likeness (QED) is 0.219. The van der Waals surface area contributed by atoms with Crippen molar-refractivity contribution in [3.8, 4) is 17.2 Å². The van der Waals surface area contributed by atoms with Gasteiger partial charge < -0.3 is 24.2 Å². The second-order valence-electron chi connectivity index (χ2n) is 8.52. The Kier molecular flexibility index (Phi) is 8.04. The fourth-order valence-electron chi connectivity index (χ4n) is 4.42. The second kappa shape index (κ2) is 11.4. The molecular formula is C29H28ClNO6. The van der Waals surface area contributed by atoms with Gasteiger partial charge in [0.2, 0.25) is 0 Å². The van der Waals surface area contributed by atoms with Crippen molar-refractivity contribution in [1.82, 2.24) is 4.90 Å². The lowest BCUT2D eigenvalue weighted by Gasteiger charge is -2.26. The van der Waals surface area contributed by atoms with Crippen LogP contribution in [0.5, 0.6) is 17.2 Å². The van der Waals surface area contributed by atoms with E-state index < -0.39 is 17.7 Å². The Morgan fingerprint density at radius 3 is 2.32 bits per heavy atom. The van der Waals surface area contributed by atoms with Crippen molar-refractivity contribution in [2.24, 2.45) is 0 Å². The zero-order valence-electron chi connectivity index (χ0n) is 20.9. The van der Waals surface area contributed by atoms with Crippen molar-refractivity contribution in [3.63, 3.8) is 0 Å². The Balaban J connectivity index is 1.83. The molecule has 7 nitrogen and oxygen atoms in total. The highest BCUT2D eigenvalue weighted by molar-refractivity contribution is 6.46. The number of aliphatic hydroxyl groups excluding tert-OH is 1. The van der Waals surface area contributed by atoms with E-state index >= 15 is 0 Å². The maximum Gasteiger partial charge on any atom is 0.295 e. The molecule has 192 valence electrons. The number of hydrogen-bond donors (Lipinski definition) is 1. The number of ketones is 1. The molecule has 0 saturated carbocycles. The molecule has 1 saturated heterocycles. The third kappa shape index (κ3) is 5.27. The Bertz CT molecular complexity index is 1340. The number of Topliss-reactive ketones (excluding diaryl/α,β-unsaturated/α-hetero) is 1. The summed E-state index contributed by atoms with van der Waals surface area (Å²) in [6.07, 6.45) is 0.623. The zero-order valence-corrected chi connectivity index (χ0v) is 21.6. The molecule has 8 heteroatoms. The standard InChI is InChI=1S/C29H28ClNO6/c1-4-14-31-26(19-10-12-23(36-3)24(15-19)37-17-18-8-6-5-7-9-18)25(28(33)29(31)34)27(32)21-16-20(30)11-13-22(21)35-2/h5-13,15-16,26,32H,4,14,17H2,1-3H3/b27-25+. The van der Waals surface area contributed by atoms with Gasteiger partial charge in [-0.25, -0.2) is 0 Å². The van der Waals surface area contributed by atoms with Gasteiger partial charge in [0.25, 0.3) is 11.7 Å². The molecule has 3 aromatic carbocycles. The molecule has 1 N–H and O–H groups in total. The van der Waals surface area contributed by atoms with Gasteiger partial charge in [-0.1, -0.05) is 54.9 Å². The number of ether oxygens (including phenoxy) is 3. The molecule has 0 aromatic heterocycles. The summed E-state index contributed by atoms with van der Waals surface area (Å²) in [6, 6.07) is 18.8. The Hall–Kier alpha value is -3.97. The summed E-state index contributed by atoms with van der Waals surface area (Å²) in [5.41, 5.74) is 1.75. The number of methoxy groups -OCH3 is 2. The van der Waals surface area contributed by atoms with E-state index in [1.807, 2.05) is 37.3 Å². The SMILES string of the molecule is CCCN1C(=O)C(=O)/C(=C(/O)c2cc(Cl)ccc2OC)C1c1ccc(OC)c(OCc2ccccc2)c1. The van der Waals surface area contributed by atoms with Crippen LogP contribution in [-0.2, 0) is 16.2 Å². The van der Waals surface area contributed by atoms with Gasteiger partial charge in [0.05, 0.1) is 31.4 Å². The van der Waals surface area contributed by atoms with Crippen LogP contribution in [0.3, 0.4) is 0 Å². The van der Waals surface area contributed by atoms with Gasteiger partial charge in [-0.3, -0.25) is 9.59 Å². The lowest BCUT2D eigenvalue weighted by Crippen LogP contribution is -2.30. The first-order valence-electron chi connectivity index (χ1n) is 11.9. The third-order valence-corrected chi connectivity index (χ3v) is 6.40. The van der Waals surface area contributed by atoms with Gasteiger partial charge >= 0.3 is 0 Å². The van der Waals surface area contributed by atoms with E-state index in [4.69, 9.17) is 25.8 Å². The first kappa shape index (κ1) is 26.1. The van der Waals surface area contributed by atoms with Crippen LogP contribution < -0.4 is 14.2 Å². The fraction of sp³-hybridized carbons (Fsp3) is 0.241. The predicted octanol–water partition coefficient (Wildman–Crippen LogP) is 5.77. The molecule has 1 amide bonds. The topological polar surface area (TPSA) is 85.3 Å². The Labute approximate surface area is 220 Å². The lowest BCUT2D eigenvalue weighted by molar-refractivity contribution is -0.139. The second-order valence-corrected chi connectivity index (χ2v) is 8.96. The number of halogens is 1. The van der Waals surface area contributed by atoms with Gasteiger partial charge in [-0.2, -0.15) is 0 Å². The number of benzene rings is 3. The van der Waals surface area contributed by atoms with Crippen molar-refractivity contribution in [2.45, 2.75) is 26.0 Å². The van der Waals surface area contributed by atoms with Crippen LogP contribution in [0.15, 0.2) is 72.3 Å². The molecule has 37 heavy (non-hydrogen) atoms. The van der Waals surface area contributed by atoms with E-state index in [0.29, 0.717) is 47.4 Å². The summed E-state index contributed by atoms with van der Waals surface area (Å²) < 4.78 is 16.9. The molecule has 4 rings (SSSR count). The van der Waals surface area contributed by atoms with E-state index in [-0.39, 0.29) is 16.9 Å². The highest BCUT2D eigenvalue weighted by Crippen LogP contribution is 2.43. The number of amides is 1. The van der Waals surface area contributed by atoms with Crippen molar-refractivity contribution >= 4 is 29.1 Å². The molecule has 1 heterocycles. The summed E-state index contributed by atoms with van der Waals surface area (Å²) in [4.78, 5) is 27.8. The van der Waals surface area contributed by atoms with Gasteiger partial charge in [-0.05, 0) is 47.9 Å². The van der Waals surface area contributed by atoms with E-state index in [9.17, 15) is 14.7 Å². The molecule has 1 aliphatic heterocycles. The minimum absolute atomic E-state index is 0.0433. The first-order valence-corrected chi connectivity index (χ1v) is 12.2. The number of likely N-dealkylation sites (tertiary alicyclic amines) is 1. The molecular weight excluding hydrogens is 494 g/mol. The van der Waals surface area contributed by atoms with Gasteiger partial charge in [0, 0.05) is 11.6 Å².